The van der Waals surface area contributed by atoms with Gasteiger partial charge in [0.05, 0.1) is 35.8 Å². The summed E-state index contributed by atoms with van der Waals surface area (Å²) >= 11 is 0. The number of pyridine rings is 1. The molecule has 7 nitrogen and oxygen atoms in total. The Balaban J connectivity index is 1.87. The van der Waals surface area contributed by atoms with Crippen molar-refractivity contribution in [1.82, 2.24) is 20.3 Å². The molecule has 1 N–H and O–H groups in total. The maximum absolute atomic E-state index is 5.75. The van der Waals surface area contributed by atoms with Gasteiger partial charge in [-0.1, -0.05) is 10.3 Å². The van der Waals surface area contributed by atoms with Crippen molar-refractivity contribution in [2.24, 2.45) is 0 Å². The van der Waals surface area contributed by atoms with Gasteiger partial charge in [-0.05, 0) is 39.8 Å². The predicted molar refractivity (Wildman–Crippen MR) is 110 cm³/mol. The molecular formula is C22H20N4O3. The Labute approximate surface area is 166 Å². The van der Waals surface area contributed by atoms with E-state index in [2.05, 4.69) is 32.4 Å². The first-order valence-electron chi connectivity index (χ1n) is 9.33. The number of hydrogen-bond acceptors (Lipinski definition) is 6. The molecule has 1 aromatic carbocycles. The summed E-state index contributed by atoms with van der Waals surface area (Å²) in [4.78, 5) is 7.92. The lowest BCUT2D eigenvalue weighted by Gasteiger charge is -2.09. The fourth-order valence-corrected chi connectivity index (χ4v) is 4.17. The Morgan fingerprint density at radius 3 is 2.07 bits per heavy atom. The molecule has 0 saturated heterocycles. The second-order valence-electron chi connectivity index (χ2n) is 7.23. The largest absolute Gasteiger partial charge is 0.496 e. The topological polar surface area (TPSA) is 90.0 Å². The number of aryl methyl sites for hydroxylation is 4. The predicted octanol–water partition coefficient (Wildman–Crippen LogP) is 5.27. The Bertz CT molecular complexity index is 1350. The number of aromatic amines is 1. The average Bonchev–Trinajstić information content (AvgIpc) is 3.35. The zero-order valence-electron chi connectivity index (χ0n) is 16.9. The van der Waals surface area contributed by atoms with Crippen LogP contribution in [0, 0.1) is 27.7 Å². The summed E-state index contributed by atoms with van der Waals surface area (Å²) in [5, 5.41) is 10.3. The van der Waals surface area contributed by atoms with Crippen molar-refractivity contribution in [3.05, 3.63) is 47.4 Å². The van der Waals surface area contributed by atoms with Crippen LogP contribution in [-0.4, -0.2) is 27.4 Å². The molecule has 0 amide bonds. The van der Waals surface area contributed by atoms with Crippen LogP contribution in [0.5, 0.6) is 5.75 Å². The number of fused-ring (bicyclic) bond motifs is 3. The van der Waals surface area contributed by atoms with E-state index in [1.807, 2.05) is 40.1 Å². The fourth-order valence-electron chi connectivity index (χ4n) is 4.17. The molecule has 0 atom stereocenters. The zero-order chi connectivity index (χ0) is 20.3. The molecule has 5 rings (SSSR count). The number of rotatable bonds is 3. The number of nitrogens with zero attached hydrogens (tertiary/aromatic N) is 3. The highest BCUT2D eigenvalue weighted by Gasteiger charge is 2.21. The molecule has 0 spiro atoms. The summed E-state index contributed by atoms with van der Waals surface area (Å²) in [6.45, 7) is 7.69. The van der Waals surface area contributed by atoms with E-state index in [4.69, 9.17) is 13.8 Å². The minimum Gasteiger partial charge on any atom is -0.496 e. The number of nitrogens with one attached hydrogen (secondary N) is 1. The van der Waals surface area contributed by atoms with Crippen molar-refractivity contribution in [2.45, 2.75) is 27.7 Å². The molecule has 4 heterocycles. The van der Waals surface area contributed by atoms with Crippen LogP contribution >= 0.6 is 0 Å². The number of hydrogen-bond donors (Lipinski definition) is 1. The second kappa shape index (κ2) is 6.20. The lowest BCUT2D eigenvalue weighted by Crippen LogP contribution is -1.90. The first kappa shape index (κ1) is 17.5. The van der Waals surface area contributed by atoms with Gasteiger partial charge >= 0.3 is 0 Å². The van der Waals surface area contributed by atoms with E-state index in [0.717, 1.165) is 72.7 Å². The number of H-pyrrole nitrogens is 1. The minimum atomic E-state index is 0.759. The molecule has 5 aromatic rings. The molecule has 0 saturated carbocycles. The van der Waals surface area contributed by atoms with Crippen molar-refractivity contribution in [3.8, 4) is 28.0 Å². The van der Waals surface area contributed by atoms with E-state index in [1.165, 1.54) is 0 Å². The van der Waals surface area contributed by atoms with Gasteiger partial charge < -0.3 is 18.8 Å². The highest BCUT2D eigenvalue weighted by molar-refractivity contribution is 6.15. The molecule has 0 bridgehead atoms. The van der Waals surface area contributed by atoms with Crippen LogP contribution < -0.4 is 4.74 Å². The fraction of sp³-hybridized carbons (Fsp3) is 0.227. The van der Waals surface area contributed by atoms with Crippen LogP contribution in [0.3, 0.4) is 0 Å². The summed E-state index contributed by atoms with van der Waals surface area (Å²) in [7, 11) is 1.68. The van der Waals surface area contributed by atoms with E-state index in [0.29, 0.717) is 0 Å². The average molecular weight is 388 g/mol. The highest BCUT2D eigenvalue weighted by atomic mass is 16.5. The third-order valence-electron chi connectivity index (χ3n) is 5.43. The van der Waals surface area contributed by atoms with Crippen LogP contribution in [0.4, 0.5) is 0 Å². The van der Waals surface area contributed by atoms with Gasteiger partial charge in [0.15, 0.2) is 0 Å². The summed E-state index contributed by atoms with van der Waals surface area (Å²) in [5.74, 6) is 2.29. The van der Waals surface area contributed by atoms with Gasteiger partial charge in [0.25, 0.3) is 0 Å². The highest BCUT2D eigenvalue weighted by Crippen LogP contribution is 2.42. The van der Waals surface area contributed by atoms with Crippen molar-refractivity contribution >= 4 is 21.8 Å². The van der Waals surface area contributed by atoms with Crippen LogP contribution in [0.25, 0.3) is 44.1 Å². The van der Waals surface area contributed by atoms with Gasteiger partial charge in [-0.15, -0.1) is 0 Å². The lowest BCUT2D eigenvalue weighted by molar-refractivity contribution is 0.393. The first-order valence-corrected chi connectivity index (χ1v) is 9.33. The smallest absolute Gasteiger partial charge is 0.141 e. The first-order chi connectivity index (χ1) is 14.0. The zero-order valence-corrected chi connectivity index (χ0v) is 16.9. The van der Waals surface area contributed by atoms with Crippen LogP contribution in [0.15, 0.2) is 33.6 Å². The van der Waals surface area contributed by atoms with E-state index in [9.17, 15) is 0 Å². The van der Waals surface area contributed by atoms with Crippen molar-refractivity contribution in [1.29, 1.82) is 0 Å². The minimum absolute atomic E-state index is 0.759. The molecule has 0 aliphatic heterocycles. The van der Waals surface area contributed by atoms with Gasteiger partial charge in [0.1, 0.15) is 17.3 Å². The maximum atomic E-state index is 5.75. The van der Waals surface area contributed by atoms with Gasteiger partial charge in [-0.3, -0.25) is 4.98 Å². The molecule has 7 heteroatoms. The molecule has 4 aromatic heterocycles. The standard InChI is InChI=1S/C22H20N4O3/c1-10-20(12(3)28-25-10)15-6-17-14(7-19(15)27-5)22-16(8-23-9-18(22)24-17)21-11(2)26-29-13(21)4/h6-9,24H,1-5H3. The van der Waals surface area contributed by atoms with Gasteiger partial charge in [0, 0.05) is 39.2 Å². The number of ether oxygens (including phenoxy) is 1. The van der Waals surface area contributed by atoms with Crippen molar-refractivity contribution < 1.29 is 13.8 Å². The van der Waals surface area contributed by atoms with Gasteiger partial charge in [0.2, 0.25) is 0 Å². The van der Waals surface area contributed by atoms with Crippen LogP contribution in [-0.2, 0) is 0 Å². The molecule has 0 aliphatic rings. The van der Waals surface area contributed by atoms with Crippen molar-refractivity contribution in [3.63, 3.8) is 0 Å². The molecule has 0 fully saturated rings. The summed E-state index contributed by atoms with van der Waals surface area (Å²) in [6.07, 6.45) is 3.69. The molecular weight excluding hydrogens is 368 g/mol. The molecule has 0 radical (unpaired) electrons. The number of benzene rings is 1. The Morgan fingerprint density at radius 1 is 0.828 bits per heavy atom. The SMILES string of the molecule is COc1cc2c(cc1-c1c(C)noc1C)[nH]c1cncc(-c3c(C)noc3C)c12. The molecule has 0 aliphatic carbocycles. The molecule has 0 unspecified atom stereocenters. The van der Waals surface area contributed by atoms with Crippen LogP contribution in [0.1, 0.15) is 22.9 Å². The summed E-state index contributed by atoms with van der Waals surface area (Å²) < 4.78 is 16.5. The van der Waals surface area contributed by atoms with E-state index >= 15 is 0 Å². The third kappa shape index (κ3) is 2.47. The Kier molecular flexibility index (Phi) is 3.74. The molecule has 146 valence electrons. The quantitative estimate of drug-likeness (QED) is 0.453. The van der Waals surface area contributed by atoms with E-state index < -0.39 is 0 Å². The normalized spacial score (nSPS) is 11.6. The van der Waals surface area contributed by atoms with E-state index in [-0.39, 0.29) is 0 Å². The second-order valence-corrected chi connectivity index (χ2v) is 7.23. The number of aromatic nitrogens is 4. The van der Waals surface area contributed by atoms with Crippen LogP contribution in [0.2, 0.25) is 0 Å². The van der Waals surface area contributed by atoms with Gasteiger partial charge in [-0.25, -0.2) is 0 Å². The lowest BCUT2D eigenvalue weighted by atomic mass is 9.97. The Hall–Kier alpha value is -3.61. The maximum Gasteiger partial charge on any atom is 0.141 e. The Morgan fingerprint density at radius 2 is 1.48 bits per heavy atom. The number of methoxy groups -OCH3 is 1. The monoisotopic (exact) mass is 388 g/mol. The van der Waals surface area contributed by atoms with E-state index in [1.54, 1.807) is 7.11 Å². The van der Waals surface area contributed by atoms with Crippen molar-refractivity contribution in [2.75, 3.05) is 7.11 Å². The summed E-state index contributed by atoms with van der Waals surface area (Å²) in [5.41, 5.74) is 7.43. The summed E-state index contributed by atoms with van der Waals surface area (Å²) in [6, 6.07) is 4.13. The third-order valence-corrected chi connectivity index (χ3v) is 5.43. The molecule has 29 heavy (non-hydrogen) atoms. The van der Waals surface area contributed by atoms with Gasteiger partial charge in [-0.2, -0.15) is 0 Å².